The number of amides is 1. The number of hydrogen-bond donors (Lipinski definition) is 2. The van der Waals surface area contributed by atoms with Gasteiger partial charge in [0.15, 0.2) is 0 Å². The Hall–Kier alpha value is -1.42. The molecule has 19 heavy (non-hydrogen) atoms. The fourth-order valence-corrected chi connectivity index (χ4v) is 2.51. The summed E-state index contributed by atoms with van der Waals surface area (Å²) >= 11 is 0. The van der Waals surface area contributed by atoms with E-state index in [0.717, 1.165) is 25.8 Å². The molecule has 1 saturated heterocycles. The molecule has 0 saturated carbocycles. The Morgan fingerprint density at radius 2 is 2.16 bits per heavy atom. The van der Waals surface area contributed by atoms with Crippen LogP contribution in [0.15, 0.2) is 24.3 Å². The molecule has 1 heterocycles. The molecule has 1 fully saturated rings. The summed E-state index contributed by atoms with van der Waals surface area (Å²) in [5.74, 6) is -0.333. The third-order valence-electron chi connectivity index (χ3n) is 3.84. The average Bonchev–Trinajstić information content (AvgIpc) is 2.40. The first-order valence-electron chi connectivity index (χ1n) is 6.83. The molecule has 4 heteroatoms. The number of carbonyl (C=O) groups excluding carboxylic acids is 1. The summed E-state index contributed by atoms with van der Waals surface area (Å²) in [6.07, 6.45) is 2.97. The average molecular weight is 264 g/mol. The molecule has 0 bridgehead atoms. The quantitative estimate of drug-likeness (QED) is 0.881. The van der Waals surface area contributed by atoms with Crippen LogP contribution in [0.5, 0.6) is 0 Å². The van der Waals surface area contributed by atoms with Crippen molar-refractivity contribution in [3.05, 3.63) is 35.6 Å². The molecule has 0 spiro atoms. The van der Waals surface area contributed by atoms with E-state index in [1.165, 1.54) is 6.07 Å². The molecule has 104 valence electrons. The van der Waals surface area contributed by atoms with Crippen LogP contribution in [-0.4, -0.2) is 18.0 Å². The van der Waals surface area contributed by atoms with Crippen molar-refractivity contribution in [2.45, 2.75) is 44.7 Å². The molecule has 2 rings (SSSR count). The van der Waals surface area contributed by atoms with Gasteiger partial charge in [-0.25, -0.2) is 4.39 Å². The predicted molar refractivity (Wildman–Crippen MR) is 73.2 cm³/mol. The first-order chi connectivity index (χ1) is 9.03. The molecule has 2 N–H and O–H groups in total. The molecule has 3 nitrogen and oxygen atoms in total. The van der Waals surface area contributed by atoms with Crippen LogP contribution in [0.2, 0.25) is 0 Å². The van der Waals surface area contributed by atoms with Gasteiger partial charge in [-0.05, 0) is 45.7 Å². The lowest BCUT2D eigenvalue weighted by molar-refractivity contribution is -0.128. The standard InChI is InChI=1S/C15H21FN2O/c1-11(12-7-3-4-8-13(12)16)18-14(19)15(2)9-5-6-10-17-15/h3-4,7-8,11,17H,5-6,9-10H2,1-2H3,(H,18,19)/t11-,15?/m1/s1. The van der Waals surface area contributed by atoms with Crippen LogP contribution in [0.4, 0.5) is 4.39 Å². The van der Waals surface area contributed by atoms with Crippen molar-refractivity contribution in [1.82, 2.24) is 10.6 Å². The van der Waals surface area contributed by atoms with Gasteiger partial charge in [-0.15, -0.1) is 0 Å². The van der Waals surface area contributed by atoms with Gasteiger partial charge in [-0.3, -0.25) is 4.79 Å². The summed E-state index contributed by atoms with van der Waals surface area (Å²) in [6, 6.07) is 6.23. The van der Waals surface area contributed by atoms with E-state index in [-0.39, 0.29) is 17.8 Å². The summed E-state index contributed by atoms with van der Waals surface area (Å²) in [6.45, 7) is 4.58. The van der Waals surface area contributed by atoms with Crippen LogP contribution in [0, 0.1) is 5.82 Å². The summed E-state index contributed by atoms with van der Waals surface area (Å²) < 4.78 is 13.7. The lowest BCUT2D eigenvalue weighted by Crippen LogP contribution is -2.57. The van der Waals surface area contributed by atoms with Crippen LogP contribution in [0.1, 0.15) is 44.7 Å². The third-order valence-corrected chi connectivity index (χ3v) is 3.84. The molecule has 1 aliphatic rings. The molecule has 0 radical (unpaired) electrons. The number of nitrogens with one attached hydrogen (secondary N) is 2. The molecular formula is C15H21FN2O. The van der Waals surface area contributed by atoms with Gasteiger partial charge in [0.05, 0.1) is 11.6 Å². The van der Waals surface area contributed by atoms with E-state index in [2.05, 4.69) is 10.6 Å². The zero-order valence-electron chi connectivity index (χ0n) is 11.5. The zero-order chi connectivity index (χ0) is 13.9. The second-order valence-corrected chi connectivity index (χ2v) is 5.43. The van der Waals surface area contributed by atoms with Gasteiger partial charge in [0.1, 0.15) is 5.82 Å². The van der Waals surface area contributed by atoms with Crippen molar-refractivity contribution in [1.29, 1.82) is 0 Å². The SMILES string of the molecule is C[C@@H](NC(=O)C1(C)CCCCN1)c1ccccc1F. The van der Waals surface area contributed by atoms with E-state index >= 15 is 0 Å². The van der Waals surface area contributed by atoms with Crippen LogP contribution < -0.4 is 10.6 Å². The van der Waals surface area contributed by atoms with Crippen LogP contribution in [-0.2, 0) is 4.79 Å². The molecule has 2 atom stereocenters. The lowest BCUT2D eigenvalue weighted by Gasteiger charge is -2.34. The topological polar surface area (TPSA) is 41.1 Å². The van der Waals surface area contributed by atoms with E-state index in [9.17, 15) is 9.18 Å². The second-order valence-electron chi connectivity index (χ2n) is 5.43. The first kappa shape index (κ1) is 14.0. The molecule has 1 unspecified atom stereocenters. The van der Waals surface area contributed by atoms with E-state index < -0.39 is 5.54 Å². The molecule has 0 aliphatic carbocycles. The number of carbonyl (C=O) groups is 1. The minimum atomic E-state index is -0.530. The number of rotatable bonds is 3. The van der Waals surface area contributed by atoms with Gasteiger partial charge >= 0.3 is 0 Å². The summed E-state index contributed by atoms with van der Waals surface area (Å²) in [4.78, 5) is 12.3. The largest absolute Gasteiger partial charge is 0.348 e. The lowest BCUT2D eigenvalue weighted by atomic mass is 9.89. The van der Waals surface area contributed by atoms with Gasteiger partial charge < -0.3 is 10.6 Å². The highest BCUT2D eigenvalue weighted by atomic mass is 19.1. The van der Waals surface area contributed by atoms with Gasteiger partial charge in [0.2, 0.25) is 5.91 Å². The number of benzene rings is 1. The van der Waals surface area contributed by atoms with Crippen molar-refractivity contribution in [2.75, 3.05) is 6.54 Å². The second kappa shape index (κ2) is 5.70. The molecular weight excluding hydrogens is 243 g/mol. The predicted octanol–water partition coefficient (Wildman–Crippen LogP) is 2.54. The van der Waals surface area contributed by atoms with Crippen molar-refractivity contribution in [2.24, 2.45) is 0 Å². The summed E-state index contributed by atoms with van der Waals surface area (Å²) in [5.41, 5.74) is -0.00661. The molecule has 0 aromatic heterocycles. The van der Waals surface area contributed by atoms with Gasteiger partial charge in [-0.2, -0.15) is 0 Å². The molecule has 1 aliphatic heterocycles. The fraction of sp³-hybridized carbons (Fsp3) is 0.533. The van der Waals surface area contributed by atoms with Crippen molar-refractivity contribution in [3.8, 4) is 0 Å². The number of halogens is 1. The Labute approximate surface area is 113 Å². The number of piperidine rings is 1. The molecule has 1 amide bonds. The highest BCUT2D eigenvalue weighted by Crippen LogP contribution is 2.21. The van der Waals surface area contributed by atoms with Crippen LogP contribution >= 0.6 is 0 Å². The Kier molecular flexibility index (Phi) is 4.20. The third kappa shape index (κ3) is 3.13. The minimum Gasteiger partial charge on any atom is -0.348 e. The zero-order valence-corrected chi connectivity index (χ0v) is 11.5. The van der Waals surface area contributed by atoms with Gasteiger partial charge in [0.25, 0.3) is 0 Å². The van der Waals surface area contributed by atoms with E-state index in [1.807, 2.05) is 13.8 Å². The maximum Gasteiger partial charge on any atom is 0.240 e. The van der Waals surface area contributed by atoms with E-state index in [0.29, 0.717) is 5.56 Å². The van der Waals surface area contributed by atoms with Crippen LogP contribution in [0.3, 0.4) is 0 Å². The van der Waals surface area contributed by atoms with Crippen molar-refractivity contribution >= 4 is 5.91 Å². The van der Waals surface area contributed by atoms with Crippen molar-refractivity contribution < 1.29 is 9.18 Å². The highest BCUT2D eigenvalue weighted by Gasteiger charge is 2.34. The minimum absolute atomic E-state index is 0.0528. The summed E-state index contributed by atoms with van der Waals surface area (Å²) in [7, 11) is 0. The van der Waals surface area contributed by atoms with Gasteiger partial charge in [-0.1, -0.05) is 18.2 Å². The number of hydrogen-bond acceptors (Lipinski definition) is 2. The van der Waals surface area contributed by atoms with Crippen LogP contribution in [0.25, 0.3) is 0 Å². The maximum atomic E-state index is 13.7. The Morgan fingerprint density at radius 3 is 2.79 bits per heavy atom. The Bertz CT molecular complexity index is 455. The maximum absolute atomic E-state index is 13.7. The molecule has 1 aromatic carbocycles. The first-order valence-corrected chi connectivity index (χ1v) is 6.83. The Morgan fingerprint density at radius 1 is 1.42 bits per heavy atom. The van der Waals surface area contributed by atoms with E-state index in [4.69, 9.17) is 0 Å². The normalized spacial score (nSPS) is 24.8. The van der Waals surface area contributed by atoms with Gasteiger partial charge in [0, 0.05) is 5.56 Å². The summed E-state index contributed by atoms with van der Waals surface area (Å²) in [5, 5.41) is 6.17. The van der Waals surface area contributed by atoms with Crippen molar-refractivity contribution in [3.63, 3.8) is 0 Å². The van der Waals surface area contributed by atoms with E-state index in [1.54, 1.807) is 18.2 Å². The molecule has 1 aromatic rings. The fourth-order valence-electron chi connectivity index (χ4n) is 2.51. The highest BCUT2D eigenvalue weighted by molar-refractivity contribution is 5.86. The Balaban J connectivity index is 2.04. The smallest absolute Gasteiger partial charge is 0.240 e. The monoisotopic (exact) mass is 264 g/mol.